The molecule has 0 radical (unpaired) electrons. The summed E-state index contributed by atoms with van der Waals surface area (Å²) in [6.07, 6.45) is 0.348. The van der Waals surface area contributed by atoms with Crippen molar-refractivity contribution in [2.24, 2.45) is 0 Å². The molecule has 0 heterocycles. The van der Waals surface area contributed by atoms with E-state index in [4.69, 9.17) is 4.74 Å². The van der Waals surface area contributed by atoms with Crippen LogP contribution in [0.1, 0.15) is 37.5 Å². The number of hydrogen-bond donors (Lipinski definition) is 2. The molecule has 0 amide bonds. The summed E-state index contributed by atoms with van der Waals surface area (Å²) >= 11 is 0. The number of aliphatic hydroxyl groups is 1. The third-order valence-electron chi connectivity index (χ3n) is 2.99. The third-order valence-corrected chi connectivity index (χ3v) is 2.99. The van der Waals surface area contributed by atoms with Gasteiger partial charge in [0, 0.05) is 11.6 Å². The molecule has 0 aliphatic carbocycles. The van der Waals surface area contributed by atoms with Crippen LogP contribution in [-0.4, -0.2) is 24.8 Å². The van der Waals surface area contributed by atoms with Crippen LogP contribution in [0.3, 0.4) is 0 Å². The summed E-state index contributed by atoms with van der Waals surface area (Å²) in [6, 6.07) is 5.95. The second kappa shape index (κ2) is 6.62. The summed E-state index contributed by atoms with van der Waals surface area (Å²) in [7, 11) is 1.63. The molecule has 0 bridgehead atoms. The van der Waals surface area contributed by atoms with Gasteiger partial charge in [-0.3, -0.25) is 0 Å². The largest absolute Gasteiger partial charge is 0.496 e. The van der Waals surface area contributed by atoms with E-state index in [9.17, 15) is 5.11 Å². The number of methoxy groups -OCH3 is 1. The van der Waals surface area contributed by atoms with E-state index in [1.165, 1.54) is 0 Å². The number of likely N-dealkylation sites (N-methyl/N-ethyl adjacent to an activating group) is 1. The third kappa shape index (κ3) is 3.45. The average Bonchev–Trinajstić information content (AvgIpc) is 2.35. The average molecular weight is 237 g/mol. The number of ether oxygens (including phenoxy) is 1. The van der Waals surface area contributed by atoms with Gasteiger partial charge in [0.2, 0.25) is 0 Å². The highest BCUT2D eigenvalue weighted by atomic mass is 16.5. The zero-order chi connectivity index (χ0) is 12.8. The molecule has 2 N–H and O–H groups in total. The number of aryl methyl sites for hydroxylation is 1. The Labute approximate surface area is 104 Å². The Morgan fingerprint density at radius 3 is 2.59 bits per heavy atom. The quantitative estimate of drug-likeness (QED) is 0.798. The zero-order valence-corrected chi connectivity index (χ0v) is 11.2. The standard InChI is InChI=1S/C14H23NO2/c1-5-12(15-6-2)14(16)11-9-10(3)7-8-13(11)17-4/h7-9,12,14-16H,5-6H2,1-4H3. The minimum absolute atomic E-state index is 0.0655. The lowest BCUT2D eigenvalue weighted by Crippen LogP contribution is -2.34. The molecular weight excluding hydrogens is 214 g/mol. The van der Waals surface area contributed by atoms with Crippen LogP contribution < -0.4 is 10.1 Å². The van der Waals surface area contributed by atoms with Crippen LogP contribution in [0.15, 0.2) is 18.2 Å². The molecule has 2 unspecified atom stereocenters. The molecule has 1 aromatic rings. The second-order valence-electron chi connectivity index (χ2n) is 4.26. The Morgan fingerprint density at radius 2 is 2.06 bits per heavy atom. The molecule has 96 valence electrons. The Kier molecular flexibility index (Phi) is 5.45. The summed E-state index contributed by atoms with van der Waals surface area (Å²) in [5, 5.41) is 13.7. The van der Waals surface area contributed by atoms with Crippen molar-refractivity contribution in [1.82, 2.24) is 5.32 Å². The summed E-state index contributed by atoms with van der Waals surface area (Å²) in [4.78, 5) is 0. The Balaban J connectivity index is 2.99. The SMILES string of the molecule is CCNC(CC)C(O)c1cc(C)ccc1OC. The van der Waals surface area contributed by atoms with Gasteiger partial charge in [0.15, 0.2) is 0 Å². The summed E-state index contributed by atoms with van der Waals surface area (Å²) < 4.78 is 5.31. The molecule has 3 nitrogen and oxygen atoms in total. The van der Waals surface area contributed by atoms with E-state index in [1.807, 2.05) is 32.0 Å². The summed E-state index contributed by atoms with van der Waals surface area (Å²) in [6.45, 7) is 6.98. The number of hydrogen-bond acceptors (Lipinski definition) is 3. The number of aliphatic hydroxyl groups excluding tert-OH is 1. The molecule has 17 heavy (non-hydrogen) atoms. The maximum absolute atomic E-state index is 10.4. The van der Waals surface area contributed by atoms with E-state index in [2.05, 4.69) is 12.2 Å². The van der Waals surface area contributed by atoms with Crippen LogP contribution in [0, 0.1) is 6.92 Å². The highest BCUT2D eigenvalue weighted by Crippen LogP contribution is 2.29. The fourth-order valence-corrected chi connectivity index (χ4v) is 2.04. The molecule has 0 saturated heterocycles. The van der Waals surface area contributed by atoms with E-state index in [0.29, 0.717) is 0 Å². The summed E-state index contributed by atoms with van der Waals surface area (Å²) in [5.41, 5.74) is 1.99. The van der Waals surface area contributed by atoms with Gasteiger partial charge in [-0.1, -0.05) is 25.5 Å². The lowest BCUT2D eigenvalue weighted by molar-refractivity contribution is 0.124. The van der Waals surface area contributed by atoms with Crippen molar-refractivity contribution in [3.8, 4) is 5.75 Å². The Bertz CT molecular complexity index is 352. The number of nitrogens with one attached hydrogen (secondary N) is 1. The van der Waals surface area contributed by atoms with E-state index < -0.39 is 6.10 Å². The fourth-order valence-electron chi connectivity index (χ4n) is 2.04. The normalized spacial score (nSPS) is 14.4. The molecule has 1 aromatic carbocycles. The number of benzene rings is 1. The zero-order valence-electron chi connectivity index (χ0n) is 11.2. The molecule has 2 atom stereocenters. The van der Waals surface area contributed by atoms with Crippen LogP contribution in [-0.2, 0) is 0 Å². The van der Waals surface area contributed by atoms with Crippen LogP contribution in [0.5, 0.6) is 5.75 Å². The van der Waals surface area contributed by atoms with Crippen molar-refractivity contribution in [2.45, 2.75) is 39.3 Å². The molecule has 3 heteroatoms. The molecule has 0 aliphatic rings. The van der Waals surface area contributed by atoms with Gasteiger partial charge >= 0.3 is 0 Å². The second-order valence-corrected chi connectivity index (χ2v) is 4.26. The van der Waals surface area contributed by atoms with E-state index in [1.54, 1.807) is 7.11 Å². The van der Waals surface area contributed by atoms with Crippen LogP contribution in [0.2, 0.25) is 0 Å². The van der Waals surface area contributed by atoms with Gasteiger partial charge in [0.05, 0.1) is 13.2 Å². The van der Waals surface area contributed by atoms with Crippen LogP contribution >= 0.6 is 0 Å². The number of rotatable bonds is 6. The van der Waals surface area contributed by atoms with Gasteiger partial charge in [0.1, 0.15) is 5.75 Å². The van der Waals surface area contributed by atoms with Crippen molar-refractivity contribution < 1.29 is 9.84 Å². The summed E-state index contributed by atoms with van der Waals surface area (Å²) in [5.74, 6) is 0.749. The molecule has 0 aliphatic heterocycles. The van der Waals surface area contributed by atoms with E-state index in [0.717, 1.165) is 29.8 Å². The molecule has 0 fully saturated rings. The Morgan fingerprint density at radius 1 is 1.35 bits per heavy atom. The predicted molar refractivity (Wildman–Crippen MR) is 70.4 cm³/mol. The van der Waals surface area contributed by atoms with Crippen LogP contribution in [0.4, 0.5) is 0 Å². The minimum atomic E-state index is -0.533. The Hall–Kier alpha value is -1.06. The molecular formula is C14H23NO2. The first-order chi connectivity index (χ1) is 8.13. The monoisotopic (exact) mass is 237 g/mol. The van der Waals surface area contributed by atoms with Gasteiger partial charge in [-0.05, 0) is 32.0 Å². The predicted octanol–water partition coefficient (Wildman–Crippen LogP) is 2.43. The van der Waals surface area contributed by atoms with Crippen molar-refractivity contribution in [3.05, 3.63) is 29.3 Å². The van der Waals surface area contributed by atoms with Gasteiger partial charge in [-0.2, -0.15) is 0 Å². The fraction of sp³-hybridized carbons (Fsp3) is 0.571. The minimum Gasteiger partial charge on any atom is -0.496 e. The lowest BCUT2D eigenvalue weighted by Gasteiger charge is -2.24. The van der Waals surface area contributed by atoms with Crippen LogP contribution in [0.25, 0.3) is 0 Å². The molecule has 0 saturated carbocycles. The topological polar surface area (TPSA) is 41.5 Å². The van der Waals surface area contributed by atoms with Gasteiger partial charge in [-0.15, -0.1) is 0 Å². The van der Waals surface area contributed by atoms with Crippen molar-refractivity contribution in [2.75, 3.05) is 13.7 Å². The smallest absolute Gasteiger partial charge is 0.124 e. The van der Waals surface area contributed by atoms with Crippen molar-refractivity contribution in [1.29, 1.82) is 0 Å². The van der Waals surface area contributed by atoms with E-state index in [-0.39, 0.29) is 6.04 Å². The van der Waals surface area contributed by atoms with Crippen molar-refractivity contribution in [3.63, 3.8) is 0 Å². The highest BCUT2D eigenvalue weighted by Gasteiger charge is 2.21. The van der Waals surface area contributed by atoms with E-state index >= 15 is 0 Å². The first kappa shape index (κ1) is 14.0. The maximum atomic E-state index is 10.4. The van der Waals surface area contributed by atoms with Crippen molar-refractivity contribution >= 4 is 0 Å². The molecule has 0 spiro atoms. The van der Waals surface area contributed by atoms with Gasteiger partial charge < -0.3 is 15.2 Å². The first-order valence-electron chi connectivity index (χ1n) is 6.20. The molecule has 0 aromatic heterocycles. The first-order valence-corrected chi connectivity index (χ1v) is 6.20. The maximum Gasteiger partial charge on any atom is 0.124 e. The molecule has 1 rings (SSSR count). The highest BCUT2D eigenvalue weighted by molar-refractivity contribution is 5.39. The van der Waals surface area contributed by atoms with Gasteiger partial charge in [0.25, 0.3) is 0 Å². The van der Waals surface area contributed by atoms with Gasteiger partial charge in [-0.25, -0.2) is 0 Å². The lowest BCUT2D eigenvalue weighted by atomic mass is 9.98.